The molecule has 2 aliphatic rings. The SMILES string of the molecule is Cc1c(C)n(C(=O)CN2CCN(Cc3ccc4c(c3)OCO4)CC2)c2ccccc12.Cl. The average Bonchev–Trinajstić information content (AvgIpc) is 3.32. The first-order chi connectivity index (χ1) is 14.6. The van der Waals surface area contributed by atoms with Crippen molar-refractivity contribution in [1.82, 2.24) is 14.4 Å². The van der Waals surface area contributed by atoms with E-state index in [9.17, 15) is 4.79 Å². The number of fused-ring (bicyclic) bond motifs is 2. The molecule has 0 saturated carbocycles. The standard InChI is InChI=1S/C24H27N3O3.ClH/c1-17-18(2)27(21-6-4-3-5-20(17)21)24(28)15-26-11-9-25(10-12-26)14-19-7-8-22-23(13-19)30-16-29-22;/h3-8,13H,9-12,14-16H2,1-2H3;1H. The highest BCUT2D eigenvalue weighted by atomic mass is 35.5. The van der Waals surface area contributed by atoms with Gasteiger partial charge in [-0.15, -0.1) is 12.4 Å². The number of hydrogen-bond acceptors (Lipinski definition) is 5. The molecule has 0 aliphatic carbocycles. The molecule has 0 N–H and O–H groups in total. The first-order valence-corrected chi connectivity index (χ1v) is 10.5. The molecule has 0 unspecified atom stereocenters. The smallest absolute Gasteiger partial charge is 0.245 e. The van der Waals surface area contributed by atoms with E-state index in [0.29, 0.717) is 13.3 Å². The minimum atomic E-state index is 0. The summed E-state index contributed by atoms with van der Waals surface area (Å²) >= 11 is 0. The first kappa shape index (κ1) is 21.7. The van der Waals surface area contributed by atoms with Crippen molar-refractivity contribution in [3.8, 4) is 11.5 Å². The molecule has 31 heavy (non-hydrogen) atoms. The van der Waals surface area contributed by atoms with Gasteiger partial charge in [-0.25, -0.2) is 0 Å². The van der Waals surface area contributed by atoms with E-state index in [1.807, 2.05) is 35.8 Å². The van der Waals surface area contributed by atoms with Gasteiger partial charge in [-0.05, 0) is 43.2 Å². The number of rotatable bonds is 4. The van der Waals surface area contributed by atoms with E-state index < -0.39 is 0 Å². The van der Waals surface area contributed by atoms with Gasteiger partial charge in [0.1, 0.15) is 0 Å². The van der Waals surface area contributed by atoms with Crippen LogP contribution in [0.15, 0.2) is 42.5 Å². The number of halogens is 1. The normalized spacial score (nSPS) is 16.5. The lowest BCUT2D eigenvalue weighted by Crippen LogP contribution is -2.48. The molecule has 0 atom stereocenters. The predicted octanol–water partition coefficient (Wildman–Crippen LogP) is 3.87. The van der Waals surface area contributed by atoms with Crippen molar-refractivity contribution in [1.29, 1.82) is 0 Å². The van der Waals surface area contributed by atoms with E-state index in [2.05, 4.69) is 34.9 Å². The molecule has 0 amide bonds. The van der Waals surface area contributed by atoms with Crippen molar-refractivity contribution >= 4 is 29.2 Å². The Morgan fingerprint density at radius 2 is 1.65 bits per heavy atom. The van der Waals surface area contributed by atoms with Crippen LogP contribution in [-0.2, 0) is 6.54 Å². The van der Waals surface area contributed by atoms with Gasteiger partial charge in [-0.1, -0.05) is 24.3 Å². The van der Waals surface area contributed by atoms with Crippen LogP contribution in [0.3, 0.4) is 0 Å². The molecule has 0 bridgehead atoms. The van der Waals surface area contributed by atoms with Crippen molar-refractivity contribution in [3.05, 3.63) is 59.3 Å². The van der Waals surface area contributed by atoms with Crippen molar-refractivity contribution in [2.45, 2.75) is 20.4 Å². The summed E-state index contributed by atoms with van der Waals surface area (Å²) in [6, 6.07) is 14.3. The summed E-state index contributed by atoms with van der Waals surface area (Å²) in [5.41, 5.74) is 4.47. The first-order valence-electron chi connectivity index (χ1n) is 10.5. The number of carbonyl (C=O) groups is 1. The monoisotopic (exact) mass is 441 g/mol. The summed E-state index contributed by atoms with van der Waals surface area (Å²) in [5.74, 6) is 1.81. The van der Waals surface area contributed by atoms with Crippen LogP contribution in [0.4, 0.5) is 0 Å². The van der Waals surface area contributed by atoms with Crippen LogP contribution in [0.25, 0.3) is 10.9 Å². The molecule has 7 heteroatoms. The number of hydrogen-bond donors (Lipinski definition) is 0. The highest BCUT2D eigenvalue weighted by Gasteiger charge is 2.23. The van der Waals surface area contributed by atoms with Gasteiger partial charge >= 0.3 is 0 Å². The topological polar surface area (TPSA) is 46.9 Å². The lowest BCUT2D eigenvalue weighted by atomic mass is 10.1. The average molecular weight is 442 g/mol. The molecule has 3 aromatic rings. The highest BCUT2D eigenvalue weighted by molar-refractivity contribution is 5.96. The van der Waals surface area contributed by atoms with Crippen LogP contribution in [0.1, 0.15) is 21.6 Å². The number of nitrogens with zero attached hydrogens (tertiary/aromatic N) is 3. The van der Waals surface area contributed by atoms with E-state index in [1.165, 1.54) is 11.1 Å². The van der Waals surface area contributed by atoms with Gasteiger partial charge in [0, 0.05) is 43.8 Å². The molecule has 3 heterocycles. The second kappa shape index (κ2) is 8.91. The molecular formula is C24H28ClN3O3. The van der Waals surface area contributed by atoms with Gasteiger partial charge in [-0.2, -0.15) is 0 Å². The fraction of sp³-hybridized carbons (Fsp3) is 0.375. The molecule has 2 aromatic carbocycles. The Morgan fingerprint density at radius 1 is 0.935 bits per heavy atom. The van der Waals surface area contributed by atoms with Gasteiger partial charge in [0.15, 0.2) is 11.5 Å². The zero-order valence-electron chi connectivity index (χ0n) is 18.0. The Bertz CT molecular complexity index is 1100. The Kier molecular flexibility index (Phi) is 6.23. The number of carbonyl (C=O) groups excluding carboxylic acids is 1. The van der Waals surface area contributed by atoms with Gasteiger partial charge < -0.3 is 9.47 Å². The maximum absolute atomic E-state index is 13.1. The number of aryl methyl sites for hydroxylation is 1. The third kappa shape index (κ3) is 4.15. The van der Waals surface area contributed by atoms with Crippen LogP contribution in [0.5, 0.6) is 11.5 Å². The summed E-state index contributed by atoms with van der Waals surface area (Å²) in [6.07, 6.45) is 0. The second-order valence-corrected chi connectivity index (χ2v) is 8.20. The van der Waals surface area contributed by atoms with Crippen molar-refractivity contribution in [3.63, 3.8) is 0 Å². The van der Waals surface area contributed by atoms with Crippen molar-refractivity contribution < 1.29 is 14.3 Å². The minimum absolute atomic E-state index is 0. The predicted molar refractivity (Wildman–Crippen MR) is 124 cm³/mol. The number of benzene rings is 2. The summed E-state index contributed by atoms with van der Waals surface area (Å²) in [5, 5.41) is 1.16. The molecule has 6 nitrogen and oxygen atoms in total. The molecule has 0 spiro atoms. The summed E-state index contributed by atoms with van der Waals surface area (Å²) in [6.45, 7) is 9.48. The minimum Gasteiger partial charge on any atom is -0.454 e. The molecular weight excluding hydrogens is 414 g/mol. The zero-order valence-corrected chi connectivity index (χ0v) is 18.8. The summed E-state index contributed by atoms with van der Waals surface area (Å²) < 4.78 is 12.8. The molecule has 1 saturated heterocycles. The highest BCUT2D eigenvalue weighted by Crippen LogP contribution is 2.33. The van der Waals surface area contributed by atoms with E-state index in [1.54, 1.807) is 0 Å². The van der Waals surface area contributed by atoms with Crippen molar-refractivity contribution in [2.75, 3.05) is 39.5 Å². The van der Waals surface area contributed by atoms with Gasteiger partial charge in [0.2, 0.25) is 12.7 Å². The number of aromatic nitrogens is 1. The molecule has 164 valence electrons. The Morgan fingerprint density at radius 3 is 2.45 bits per heavy atom. The number of para-hydroxylation sites is 1. The van der Waals surface area contributed by atoms with Gasteiger partial charge in [-0.3, -0.25) is 19.2 Å². The third-order valence-corrected chi connectivity index (χ3v) is 6.34. The van der Waals surface area contributed by atoms with Gasteiger partial charge in [0.25, 0.3) is 0 Å². The van der Waals surface area contributed by atoms with E-state index in [-0.39, 0.29) is 18.3 Å². The van der Waals surface area contributed by atoms with Crippen LogP contribution < -0.4 is 9.47 Å². The second-order valence-electron chi connectivity index (χ2n) is 8.20. The van der Waals surface area contributed by atoms with Crippen LogP contribution in [-0.4, -0.2) is 59.8 Å². The Hall–Kier alpha value is -2.54. The Labute approximate surface area is 188 Å². The van der Waals surface area contributed by atoms with Crippen LogP contribution in [0, 0.1) is 13.8 Å². The van der Waals surface area contributed by atoms with E-state index in [4.69, 9.17) is 9.47 Å². The van der Waals surface area contributed by atoms with Crippen LogP contribution in [0.2, 0.25) is 0 Å². The Balaban J connectivity index is 0.00000231. The van der Waals surface area contributed by atoms with Crippen LogP contribution >= 0.6 is 12.4 Å². The van der Waals surface area contributed by atoms with Crippen molar-refractivity contribution in [2.24, 2.45) is 0 Å². The lowest BCUT2D eigenvalue weighted by Gasteiger charge is -2.34. The van der Waals surface area contributed by atoms with E-state index >= 15 is 0 Å². The summed E-state index contributed by atoms with van der Waals surface area (Å²) in [4.78, 5) is 17.8. The fourth-order valence-corrected chi connectivity index (χ4v) is 4.52. The quantitative estimate of drug-likeness (QED) is 0.615. The lowest BCUT2D eigenvalue weighted by molar-refractivity contribution is 0.0770. The van der Waals surface area contributed by atoms with Gasteiger partial charge in [0.05, 0.1) is 12.1 Å². The summed E-state index contributed by atoms with van der Waals surface area (Å²) in [7, 11) is 0. The van der Waals surface area contributed by atoms with E-state index in [0.717, 1.165) is 60.8 Å². The third-order valence-electron chi connectivity index (χ3n) is 6.34. The maximum Gasteiger partial charge on any atom is 0.245 e. The maximum atomic E-state index is 13.1. The number of piperazine rings is 1. The molecule has 1 fully saturated rings. The largest absolute Gasteiger partial charge is 0.454 e. The molecule has 5 rings (SSSR count). The zero-order chi connectivity index (χ0) is 20.7. The molecule has 2 aliphatic heterocycles. The molecule has 1 aromatic heterocycles. The number of ether oxygens (including phenoxy) is 2. The fourth-order valence-electron chi connectivity index (χ4n) is 4.52. The molecule has 0 radical (unpaired) electrons.